The van der Waals surface area contributed by atoms with E-state index in [1.807, 2.05) is 12.1 Å². The van der Waals surface area contributed by atoms with Gasteiger partial charge in [0.25, 0.3) is 0 Å². The topological polar surface area (TPSA) is 45.5 Å². The van der Waals surface area contributed by atoms with Crippen LogP contribution in [0, 0.1) is 5.82 Å². The van der Waals surface area contributed by atoms with E-state index < -0.39 is 0 Å². The highest BCUT2D eigenvalue weighted by atomic mass is 19.1. The third-order valence-corrected chi connectivity index (χ3v) is 3.91. The van der Waals surface area contributed by atoms with Gasteiger partial charge in [-0.15, -0.1) is 0 Å². The standard InChI is InChI=1S/C18H23FN2O2/c1-3-21(4-2)16(18-6-5-11-23-18)12-20-13-17(22)14-7-9-15(19)10-8-14/h5-11,16,20H,3-4,12-13H2,1-2H3. The molecule has 0 aliphatic carbocycles. The lowest BCUT2D eigenvalue weighted by Crippen LogP contribution is -2.37. The second-order valence-corrected chi connectivity index (χ2v) is 5.31. The van der Waals surface area contributed by atoms with Crippen LogP contribution >= 0.6 is 0 Å². The van der Waals surface area contributed by atoms with Crippen LogP contribution in [0.3, 0.4) is 0 Å². The van der Waals surface area contributed by atoms with Crippen molar-refractivity contribution in [2.24, 2.45) is 0 Å². The quantitative estimate of drug-likeness (QED) is 0.721. The van der Waals surface area contributed by atoms with E-state index in [0.29, 0.717) is 12.1 Å². The molecule has 0 fully saturated rings. The molecule has 0 radical (unpaired) electrons. The molecular weight excluding hydrogens is 295 g/mol. The number of ketones is 1. The minimum Gasteiger partial charge on any atom is -0.468 e. The highest BCUT2D eigenvalue weighted by molar-refractivity contribution is 5.97. The van der Waals surface area contributed by atoms with Crippen molar-refractivity contribution < 1.29 is 13.6 Å². The van der Waals surface area contributed by atoms with Crippen molar-refractivity contribution >= 4 is 5.78 Å². The van der Waals surface area contributed by atoms with E-state index in [1.54, 1.807) is 6.26 Å². The molecule has 1 N–H and O–H groups in total. The lowest BCUT2D eigenvalue weighted by atomic mass is 10.1. The van der Waals surface area contributed by atoms with E-state index in [-0.39, 0.29) is 24.2 Å². The first-order chi connectivity index (χ1) is 11.2. The van der Waals surface area contributed by atoms with Gasteiger partial charge in [-0.2, -0.15) is 0 Å². The van der Waals surface area contributed by atoms with Gasteiger partial charge in [0.05, 0.1) is 18.8 Å². The van der Waals surface area contributed by atoms with Crippen molar-refractivity contribution in [3.8, 4) is 0 Å². The molecule has 0 spiro atoms. The zero-order valence-corrected chi connectivity index (χ0v) is 13.6. The molecule has 1 heterocycles. The number of likely N-dealkylation sites (N-methyl/N-ethyl adjacent to an activating group) is 1. The SMILES string of the molecule is CCN(CC)C(CNCC(=O)c1ccc(F)cc1)c1ccco1. The maximum atomic E-state index is 12.9. The van der Waals surface area contributed by atoms with Gasteiger partial charge in [0.2, 0.25) is 0 Å². The lowest BCUT2D eigenvalue weighted by molar-refractivity contribution is 0.0985. The number of halogens is 1. The van der Waals surface area contributed by atoms with Gasteiger partial charge in [-0.1, -0.05) is 13.8 Å². The summed E-state index contributed by atoms with van der Waals surface area (Å²) < 4.78 is 18.4. The maximum absolute atomic E-state index is 12.9. The number of hydrogen-bond donors (Lipinski definition) is 1. The van der Waals surface area contributed by atoms with Gasteiger partial charge in [0.1, 0.15) is 11.6 Å². The minimum absolute atomic E-state index is 0.0530. The van der Waals surface area contributed by atoms with E-state index in [0.717, 1.165) is 18.8 Å². The summed E-state index contributed by atoms with van der Waals surface area (Å²) in [5.74, 6) is 0.493. The van der Waals surface area contributed by atoms with Gasteiger partial charge in [-0.05, 0) is 49.5 Å². The van der Waals surface area contributed by atoms with E-state index in [4.69, 9.17) is 4.42 Å². The summed E-state index contributed by atoms with van der Waals surface area (Å²) in [6.07, 6.45) is 1.66. The van der Waals surface area contributed by atoms with E-state index in [9.17, 15) is 9.18 Å². The van der Waals surface area contributed by atoms with Crippen LogP contribution in [0.15, 0.2) is 47.1 Å². The number of nitrogens with zero attached hydrogens (tertiary/aromatic N) is 1. The maximum Gasteiger partial charge on any atom is 0.176 e. The molecule has 0 amide bonds. The molecule has 23 heavy (non-hydrogen) atoms. The molecule has 0 saturated carbocycles. The van der Waals surface area contributed by atoms with Crippen LogP contribution in [0.2, 0.25) is 0 Å². The number of hydrogen-bond acceptors (Lipinski definition) is 4. The number of Topliss-reactive ketones (excluding diaryl/α,β-unsaturated/α-hetero) is 1. The van der Waals surface area contributed by atoms with Crippen molar-refractivity contribution in [1.29, 1.82) is 0 Å². The third kappa shape index (κ3) is 4.74. The van der Waals surface area contributed by atoms with Crippen LogP contribution < -0.4 is 5.32 Å². The highest BCUT2D eigenvalue weighted by Crippen LogP contribution is 2.20. The molecule has 2 aromatic rings. The number of rotatable bonds is 9. The van der Waals surface area contributed by atoms with E-state index in [1.165, 1.54) is 24.3 Å². The second kappa shape index (κ2) is 8.60. The lowest BCUT2D eigenvalue weighted by Gasteiger charge is -2.28. The normalized spacial score (nSPS) is 12.5. The molecule has 0 aliphatic rings. The zero-order chi connectivity index (χ0) is 16.7. The largest absolute Gasteiger partial charge is 0.468 e. The predicted octanol–water partition coefficient (Wildman–Crippen LogP) is 3.27. The fraction of sp³-hybridized carbons (Fsp3) is 0.389. The molecule has 1 unspecified atom stereocenters. The fourth-order valence-corrected chi connectivity index (χ4v) is 2.62. The number of nitrogens with one attached hydrogen (secondary N) is 1. The van der Waals surface area contributed by atoms with E-state index in [2.05, 4.69) is 24.1 Å². The third-order valence-electron chi connectivity index (χ3n) is 3.91. The summed E-state index contributed by atoms with van der Waals surface area (Å²) in [6, 6.07) is 9.52. The van der Waals surface area contributed by atoms with Crippen molar-refractivity contribution in [2.75, 3.05) is 26.2 Å². The summed E-state index contributed by atoms with van der Waals surface area (Å²) in [5.41, 5.74) is 0.510. The Kier molecular flexibility index (Phi) is 6.50. The summed E-state index contributed by atoms with van der Waals surface area (Å²) in [5, 5.41) is 3.19. The van der Waals surface area contributed by atoms with Gasteiger partial charge in [0.15, 0.2) is 5.78 Å². The van der Waals surface area contributed by atoms with Crippen molar-refractivity contribution in [3.63, 3.8) is 0 Å². The molecule has 0 aliphatic heterocycles. The molecule has 1 atom stereocenters. The van der Waals surface area contributed by atoms with Crippen LogP contribution in [0.25, 0.3) is 0 Å². The Morgan fingerprint density at radius 3 is 2.48 bits per heavy atom. The minimum atomic E-state index is -0.339. The Morgan fingerprint density at radius 1 is 1.22 bits per heavy atom. The van der Waals surface area contributed by atoms with Crippen LogP contribution in [-0.2, 0) is 0 Å². The number of carbonyl (C=O) groups excluding carboxylic acids is 1. The molecule has 5 heteroatoms. The number of carbonyl (C=O) groups is 1. The van der Waals surface area contributed by atoms with Crippen LogP contribution in [0.1, 0.15) is 36.0 Å². The summed E-state index contributed by atoms with van der Waals surface area (Å²) in [4.78, 5) is 14.4. The summed E-state index contributed by atoms with van der Waals surface area (Å²) in [6.45, 7) is 6.82. The highest BCUT2D eigenvalue weighted by Gasteiger charge is 2.20. The van der Waals surface area contributed by atoms with Gasteiger partial charge in [-0.25, -0.2) is 4.39 Å². The molecule has 124 valence electrons. The first-order valence-corrected chi connectivity index (χ1v) is 7.92. The second-order valence-electron chi connectivity index (χ2n) is 5.31. The molecule has 0 saturated heterocycles. The first kappa shape index (κ1) is 17.4. The monoisotopic (exact) mass is 318 g/mol. The van der Waals surface area contributed by atoms with Gasteiger partial charge in [-0.3, -0.25) is 9.69 Å². The molecule has 1 aromatic heterocycles. The smallest absolute Gasteiger partial charge is 0.176 e. The Bertz CT molecular complexity index is 592. The van der Waals surface area contributed by atoms with Crippen molar-refractivity contribution in [3.05, 3.63) is 59.8 Å². The fourth-order valence-electron chi connectivity index (χ4n) is 2.62. The Labute approximate surface area is 136 Å². The summed E-state index contributed by atoms with van der Waals surface area (Å²) in [7, 11) is 0. The predicted molar refractivity (Wildman–Crippen MR) is 88.0 cm³/mol. The average Bonchev–Trinajstić information content (AvgIpc) is 3.09. The molecule has 2 rings (SSSR count). The molecule has 0 bridgehead atoms. The van der Waals surface area contributed by atoms with Gasteiger partial charge < -0.3 is 9.73 Å². The van der Waals surface area contributed by atoms with Crippen LogP contribution in [0.5, 0.6) is 0 Å². The summed E-state index contributed by atoms with van der Waals surface area (Å²) >= 11 is 0. The first-order valence-electron chi connectivity index (χ1n) is 7.92. The van der Waals surface area contributed by atoms with Gasteiger partial charge in [0, 0.05) is 12.1 Å². The Balaban J connectivity index is 1.93. The molecular formula is C18H23FN2O2. The van der Waals surface area contributed by atoms with E-state index >= 15 is 0 Å². The average molecular weight is 318 g/mol. The number of benzene rings is 1. The van der Waals surface area contributed by atoms with Gasteiger partial charge >= 0.3 is 0 Å². The number of furan rings is 1. The zero-order valence-electron chi connectivity index (χ0n) is 13.6. The van der Waals surface area contributed by atoms with Crippen molar-refractivity contribution in [2.45, 2.75) is 19.9 Å². The Hall–Kier alpha value is -1.98. The Morgan fingerprint density at radius 2 is 1.91 bits per heavy atom. The van der Waals surface area contributed by atoms with Crippen molar-refractivity contribution in [1.82, 2.24) is 10.2 Å². The molecule has 4 nitrogen and oxygen atoms in total. The van der Waals surface area contributed by atoms with Crippen LogP contribution in [-0.4, -0.2) is 36.9 Å². The molecule has 1 aromatic carbocycles. The van der Waals surface area contributed by atoms with Crippen LogP contribution in [0.4, 0.5) is 4.39 Å².